The second-order valence-corrected chi connectivity index (χ2v) is 5.35. The van der Waals surface area contributed by atoms with Gasteiger partial charge in [-0.3, -0.25) is 0 Å². The number of nitrogens with zero attached hydrogens (tertiary/aromatic N) is 2. The normalized spacial score (nSPS) is 28.9. The van der Waals surface area contributed by atoms with Gasteiger partial charge in [-0.05, 0) is 12.8 Å². The summed E-state index contributed by atoms with van der Waals surface area (Å²) in [6, 6.07) is -0.472. The van der Waals surface area contributed by atoms with E-state index in [-0.39, 0.29) is 35.0 Å². The Morgan fingerprint density at radius 3 is 2.67 bits per heavy atom. The van der Waals surface area contributed by atoms with Crippen LogP contribution in [0.1, 0.15) is 18.4 Å². The van der Waals surface area contributed by atoms with Crippen LogP contribution in [-0.2, 0) is 0 Å². The minimum Gasteiger partial charge on any atom is -0.396 e. The SMILES string of the molecule is C#Cc1c(Cl)nc(N)nc1NC1CCC(CO)C(O)C1O. The lowest BCUT2D eigenvalue weighted by atomic mass is 9.82. The van der Waals surface area contributed by atoms with E-state index in [1.165, 1.54) is 0 Å². The average molecular weight is 313 g/mol. The van der Waals surface area contributed by atoms with Crippen LogP contribution in [0.15, 0.2) is 0 Å². The molecule has 0 spiro atoms. The molecule has 0 amide bonds. The number of hydrogen-bond acceptors (Lipinski definition) is 7. The molecule has 8 heteroatoms. The van der Waals surface area contributed by atoms with E-state index < -0.39 is 18.2 Å². The molecule has 1 aromatic heterocycles. The van der Waals surface area contributed by atoms with Crippen LogP contribution < -0.4 is 11.1 Å². The molecule has 1 aliphatic carbocycles. The van der Waals surface area contributed by atoms with Gasteiger partial charge in [-0.1, -0.05) is 17.5 Å². The van der Waals surface area contributed by atoms with Crippen molar-refractivity contribution in [3.63, 3.8) is 0 Å². The molecule has 0 radical (unpaired) electrons. The summed E-state index contributed by atoms with van der Waals surface area (Å²) in [5.74, 6) is 2.23. The van der Waals surface area contributed by atoms with Gasteiger partial charge in [0.05, 0.1) is 12.1 Å². The Morgan fingerprint density at radius 1 is 1.33 bits per heavy atom. The van der Waals surface area contributed by atoms with Crippen molar-refractivity contribution in [2.75, 3.05) is 17.7 Å². The maximum atomic E-state index is 10.1. The second-order valence-electron chi connectivity index (χ2n) is 4.99. The van der Waals surface area contributed by atoms with Gasteiger partial charge in [0.2, 0.25) is 5.95 Å². The van der Waals surface area contributed by atoms with Crippen LogP contribution in [0.2, 0.25) is 5.15 Å². The highest BCUT2D eigenvalue weighted by molar-refractivity contribution is 6.31. The number of aliphatic hydroxyl groups excluding tert-OH is 3. The van der Waals surface area contributed by atoms with Crippen LogP contribution in [0, 0.1) is 18.3 Å². The minimum atomic E-state index is -1.06. The van der Waals surface area contributed by atoms with E-state index in [9.17, 15) is 10.2 Å². The largest absolute Gasteiger partial charge is 0.396 e. The molecule has 0 saturated heterocycles. The molecule has 4 unspecified atom stereocenters. The van der Waals surface area contributed by atoms with Crippen LogP contribution in [-0.4, -0.2) is 50.1 Å². The number of anilines is 2. The van der Waals surface area contributed by atoms with Crippen LogP contribution in [0.5, 0.6) is 0 Å². The van der Waals surface area contributed by atoms with E-state index in [0.717, 1.165) is 0 Å². The third-order valence-corrected chi connectivity index (χ3v) is 3.95. The number of nitrogens with one attached hydrogen (secondary N) is 1. The van der Waals surface area contributed by atoms with Gasteiger partial charge in [-0.2, -0.15) is 9.97 Å². The summed E-state index contributed by atoms with van der Waals surface area (Å²) in [6.07, 6.45) is 4.39. The summed E-state index contributed by atoms with van der Waals surface area (Å²) in [6.45, 7) is -0.174. The lowest BCUT2D eigenvalue weighted by Gasteiger charge is -2.37. The summed E-state index contributed by atoms with van der Waals surface area (Å²) in [4.78, 5) is 7.75. The fourth-order valence-corrected chi connectivity index (χ4v) is 2.70. The maximum absolute atomic E-state index is 10.1. The zero-order valence-electron chi connectivity index (χ0n) is 11.2. The van der Waals surface area contributed by atoms with Gasteiger partial charge in [0.1, 0.15) is 17.5 Å². The molecule has 1 aliphatic rings. The van der Waals surface area contributed by atoms with E-state index in [1.54, 1.807) is 0 Å². The molecular formula is C13H17ClN4O3. The van der Waals surface area contributed by atoms with Crippen molar-refractivity contribution < 1.29 is 15.3 Å². The summed E-state index contributed by atoms with van der Waals surface area (Å²) < 4.78 is 0. The van der Waals surface area contributed by atoms with E-state index >= 15 is 0 Å². The predicted octanol–water partition coefficient (Wildman–Crippen LogP) is -0.402. The van der Waals surface area contributed by atoms with Gasteiger partial charge in [0.15, 0.2) is 5.15 Å². The Balaban J connectivity index is 2.21. The number of nitrogen functional groups attached to an aromatic ring is 1. The number of aliphatic hydroxyl groups is 3. The van der Waals surface area contributed by atoms with E-state index in [1.807, 2.05) is 0 Å². The lowest BCUT2D eigenvalue weighted by Crippen LogP contribution is -2.50. The third kappa shape index (κ3) is 3.19. The van der Waals surface area contributed by atoms with Crippen molar-refractivity contribution >= 4 is 23.4 Å². The van der Waals surface area contributed by atoms with Gasteiger partial charge in [0.25, 0.3) is 0 Å². The molecule has 21 heavy (non-hydrogen) atoms. The molecule has 0 aliphatic heterocycles. The Hall–Kier alpha value is -1.59. The van der Waals surface area contributed by atoms with Crippen LogP contribution >= 0.6 is 11.6 Å². The van der Waals surface area contributed by atoms with Gasteiger partial charge in [-0.25, -0.2) is 0 Å². The highest BCUT2D eigenvalue weighted by Crippen LogP contribution is 2.29. The van der Waals surface area contributed by atoms with Gasteiger partial charge in [0, 0.05) is 12.5 Å². The zero-order chi connectivity index (χ0) is 15.6. The second kappa shape index (κ2) is 6.45. The fourth-order valence-electron chi connectivity index (χ4n) is 2.47. The molecule has 0 aromatic carbocycles. The fraction of sp³-hybridized carbons (Fsp3) is 0.538. The van der Waals surface area contributed by atoms with Gasteiger partial charge >= 0.3 is 0 Å². The standard InChI is InChI=1S/C13H17ClN4O3/c1-2-7-11(14)17-13(15)18-12(7)16-8-4-3-6(5-19)9(20)10(8)21/h1,6,8-10,19-21H,3-5H2,(H3,15,16,17,18). The highest BCUT2D eigenvalue weighted by atomic mass is 35.5. The monoisotopic (exact) mass is 312 g/mol. The number of hydrogen-bond donors (Lipinski definition) is 5. The van der Waals surface area contributed by atoms with E-state index in [0.29, 0.717) is 12.8 Å². The maximum Gasteiger partial charge on any atom is 0.223 e. The summed E-state index contributed by atoms with van der Waals surface area (Å²) >= 11 is 5.90. The first-order chi connectivity index (χ1) is 9.97. The molecule has 7 nitrogen and oxygen atoms in total. The Morgan fingerprint density at radius 2 is 2.05 bits per heavy atom. The van der Waals surface area contributed by atoms with Crippen molar-refractivity contribution in [3.8, 4) is 12.3 Å². The molecule has 1 fully saturated rings. The number of rotatable bonds is 3. The molecule has 4 atom stereocenters. The molecule has 114 valence electrons. The first kappa shape index (κ1) is 15.8. The highest BCUT2D eigenvalue weighted by Gasteiger charge is 2.37. The van der Waals surface area contributed by atoms with Crippen molar-refractivity contribution in [2.24, 2.45) is 5.92 Å². The number of terminal acetylenes is 1. The molecule has 2 rings (SSSR count). The quantitative estimate of drug-likeness (QED) is 0.380. The summed E-state index contributed by atoms with van der Waals surface area (Å²) in [7, 11) is 0. The van der Waals surface area contributed by atoms with Crippen LogP contribution in [0.3, 0.4) is 0 Å². The first-order valence-electron chi connectivity index (χ1n) is 6.51. The predicted molar refractivity (Wildman–Crippen MR) is 78.6 cm³/mol. The van der Waals surface area contributed by atoms with E-state index in [4.69, 9.17) is 28.9 Å². The molecule has 1 saturated carbocycles. The summed E-state index contributed by atoms with van der Waals surface area (Å²) in [5, 5.41) is 32.2. The van der Waals surface area contributed by atoms with Crippen molar-refractivity contribution in [1.82, 2.24) is 9.97 Å². The molecule has 1 heterocycles. The summed E-state index contributed by atoms with van der Waals surface area (Å²) in [5.41, 5.74) is 5.78. The van der Waals surface area contributed by atoms with Crippen LogP contribution in [0.25, 0.3) is 0 Å². The van der Waals surface area contributed by atoms with Gasteiger partial charge in [-0.15, -0.1) is 6.42 Å². The molecule has 1 aromatic rings. The number of aromatic nitrogens is 2. The van der Waals surface area contributed by atoms with Crippen molar-refractivity contribution in [2.45, 2.75) is 31.1 Å². The average Bonchev–Trinajstić information content (AvgIpc) is 2.44. The number of nitrogens with two attached hydrogens (primary N) is 1. The lowest BCUT2D eigenvalue weighted by molar-refractivity contribution is -0.0644. The van der Waals surface area contributed by atoms with Crippen molar-refractivity contribution in [1.29, 1.82) is 0 Å². The smallest absolute Gasteiger partial charge is 0.223 e. The first-order valence-corrected chi connectivity index (χ1v) is 6.88. The molecular weight excluding hydrogens is 296 g/mol. The van der Waals surface area contributed by atoms with Gasteiger partial charge < -0.3 is 26.4 Å². The zero-order valence-corrected chi connectivity index (χ0v) is 12.0. The minimum absolute atomic E-state index is 0.0411. The van der Waals surface area contributed by atoms with Crippen molar-refractivity contribution in [3.05, 3.63) is 10.7 Å². The molecule has 0 bridgehead atoms. The van der Waals surface area contributed by atoms with E-state index in [2.05, 4.69) is 21.2 Å². The third-order valence-electron chi connectivity index (χ3n) is 3.68. The number of halogens is 1. The topological polar surface area (TPSA) is 125 Å². The van der Waals surface area contributed by atoms with Crippen LogP contribution in [0.4, 0.5) is 11.8 Å². The molecule has 6 N–H and O–H groups in total. The Bertz CT molecular complexity index is 563. The Labute approximate surface area is 127 Å². The Kier molecular flexibility index (Phi) is 4.85.